The molecule has 1 heterocycles. The first-order chi connectivity index (χ1) is 8.58. The van der Waals surface area contributed by atoms with Gasteiger partial charge in [0.05, 0.1) is 0 Å². The van der Waals surface area contributed by atoms with Crippen molar-refractivity contribution in [1.29, 1.82) is 0 Å². The maximum absolute atomic E-state index is 11.6. The molecular weight excluding hydrogens is 276 g/mol. The van der Waals surface area contributed by atoms with Crippen LogP contribution in [-0.2, 0) is 4.74 Å². The molecule has 0 aromatic rings. The van der Waals surface area contributed by atoms with Crippen molar-refractivity contribution in [3.05, 3.63) is 0 Å². The zero-order valence-electron chi connectivity index (χ0n) is 13.7. The second-order valence-corrected chi connectivity index (χ2v) is 7.62. The van der Waals surface area contributed by atoms with Gasteiger partial charge in [0.2, 0.25) is 0 Å². The summed E-state index contributed by atoms with van der Waals surface area (Å²) in [5.74, 6) is 0.708. The smallest absolute Gasteiger partial charge is 0.407 e. The molecule has 0 spiro atoms. The minimum Gasteiger partial charge on any atom is -0.444 e. The van der Waals surface area contributed by atoms with E-state index < -0.39 is 5.60 Å². The van der Waals surface area contributed by atoms with E-state index in [0.29, 0.717) is 23.9 Å². The van der Waals surface area contributed by atoms with E-state index in [9.17, 15) is 4.79 Å². The van der Waals surface area contributed by atoms with Crippen LogP contribution in [0.4, 0.5) is 4.79 Å². The summed E-state index contributed by atoms with van der Waals surface area (Å²) >= 11 is 0. The molecule has 0 radical (unpaired) electrons. The van der Waals surface area contributed by atoms with Crippen LogP contribution in [0.25, 0.3) is 0 Å². The summed E-state index contributed by atoms with van der Waals surface area (Å²) < 4.78 is 5.25. The lowest BCUT2D eigenvalue weighted by molar-refractivity contribution is 0.0514. The molecule has 1 fully saturated rings. The van der Waals surface area contributed by atoms with Crippen LogP contribution in [0.3, 0.4) is 0 Å². The molecule has 5 heteroatoms. The van der Waals surface area contributed by atoms with Gasteiger partial charge in [-0.1, -0.05) is 20.8 Å². The third-order valence-corrected chi connectivity index (χ3v) is 3.61. The fraction of sp³-hybridized carbons (Fsp3) is 0.933. The third-order valence-electron chi connectivity index (χ3n) is 3.61. The van der Waals surface area contributed by atoms with Crippen molar-refractivity contribution < 1.29 is 9.53 Å². The SMILES string of the molecule is CC(C)(C)OC(=O)NC[C@@H]1C[C@H](C(C)(C)C)CCN1.Cl. The monoisotopic (exact) mass is 306 g/mol. The van der Waals surface area contributed by atoms with Crippen LogP contribution >= 0.6 is 12.4 Å². The highest BCUT2D eigenvalue weighted by Gasteiger charge is 2.30. The normalized spacial score (nSPS) is 23.7. The number of hydrogen-bond donors (Lipinski definition) is 2. The van der Waals surface area contributed by atoms with Crippen molar-refractivity contribution >= 4 is 18.5 Å². The number of halogens is 1. The first-order valence-electron chi connectivity index (χ1n) is 7.28. The van der Waals surface area contributed by atoms with Gasteiger partial charge in [-0.15, -0.1) is 12.4 Å². The molecule has 1 aliphatic heterocycles. The minimum atomic E-state index is -0.433. The van der Waals surface area contributed by atoms with Crippen LogP contribution in [0.5, 0.6) is 0 Å². The standard InChI is InChI=1S/C15H30N2O2.ClH/c1-14(2,3)11-7-8-16-12(9-11)10-17-13(18)19-15(4,5)6;/h11-12,16H,7-10H2,1-6H3,(H,17,18);1H/t11-,12+;/m1./s1. The van der Waals surface area contributed by atoms with Crippen LogP contribution in [0.1, 0.15) is 54.4 Å². The average molecular weight is 307 g/mol. The largest absolute Gasteiger partial charge is 0.444 e. The first-order valence-corrected chi connectivity index (χ1v) is 7.28. The molecule has 120 valence electrons. The Morgan fingerprint density at radius 2 is 1.85 bits per heavy atom. The maximum Gasteiger partial charge on any atom is 0.407 e. The maximum atomic E-state index is 11.6. The van der Waals surface area contributed by atoms with Gasteiger partial charge in [-0.05, 0) is 51.5 Å². The summed E-state index contributed by atoms with van der Waals surface area (Å²) in [5.41, 5.74) is -0.0930. The van der Waals surface area contributed by atoms with Gasteiger partial charge in [0.1, 0.15) is 5.60 Å². The van der Waals surface area contributed by atoms with Gasteiger partial charge in [-0.2, -0.15) is 0 Å². The Morgan fingerprint density at radius 1 is 1.25 bits per heavy atom. The lowest BCUT2D eigenvalue weighted by Gasteiger charge is -2.38. The number of rotatable bonds is 2. The van der Waals surface area contributed by atoms with E-state index >= 15 is 0 Å². The molecule has 1 saturated heterocycles. The molecule has 1 rings (SSSR count). The van der Waals surface area contributed by atoms with E-state index in [4.69, 9.17) is 4.74 Å². The topological polar surface area (TPSA) is 50.4 Å². The van der Waals surface area contributed by atoms with E-state index in [-0.39, 0.29) is 18.5 Å². The molecule has 4 nitrogen and oxygen atoms in total. The Kier molecular flexibility index (Phi) is 7.33. The Hall–Kier alpha value is -0.480. The minimum absolute atomic E-state index is 0. The van der Waals surface area contributed by atoms with E-state index in [1.54, 1.807) is 0 Å². The van der Waals surface area contributed by atoms with Gasteiger partial charge in [-0.3, -0.25) is 0 Å². The first kappa shape index (κ1) is 19.5. The number of carbonyl (C=O) groups is 1. The predicted molar refractivity (Wildman–Crippen MR) is 85.5 cm³/mol. The van der Waals surface area contributed by atoms with Gasteiger partial charge >= 0.3 is 6.09 Å². The molecule has 0 aliphatic carbocycles. The molecule has 0 aromatic heterocycles. The van der Waals surface area contributed by atoms with Crippen LogP contribution in [0, 0.1) is 11.3 Å². The van der Waals surface area contributed by atoms with Crippen LogP contribution in [0.2, 0.25) is 0 Å². The Bertz CT molecular complexity index is 308. The molecule has 1 amide bonds. The Morgan fingerprint density at radius 3 is 2.35 bits per heavy atom. The van der Waals surface area contributed by atoms with Gasteiger partial charge < -0.3 is 15.4 Å². The molecule has 2 N–H and O–H groups in total. The summed E-state index contributed by atoms with van der Waals surface area (Å²) in [5, 5.41) is 6.33. The van der Waals surface area contributed by atoms with Crippen molar-refractivity contribution in [2.75, 3.05) is 13.1 Å². The van der Waals surface area contributed by atoms with Crippen molar-refractivity contribution in [3.8, 4) is 0 Å². The van der Waals surface area contributed by atoms with Gasteiger partial charge in [0.25, 0.3) is 0 Å². The number of alkyl carbamates (subject to hydrolysis) is 1. The third kappa shape index (κ3) is 7.34. The van der Waals surface area contributed by atoms with E-state index in [2.05, 4.69) is 31.4 Å². The fourth-order valence-corrected chi connectivity index (χ4v) is 2.47. The second kappa shape index (κ2) is 7.51. The van der Waals surface area contributed by atoms with E-state index in [1.807, 2.05) is 20.8 Å². The molecular formula is C15H31ClN2O2. The second-order valence-electron chi connectivity index (χ2n) is 7.62. The lowest BCUT2D eigenvalue weighted by Crippen LogP contribution is -2.48. The summed E-state index contributed by atoms with van der Waals surface area (Å²) in [4.78, 5) is 11.6. The van der Waals surface area contributed by atoms with Crippen molar-refractivity contribution in [2.45, 2.75) is 66.0 Å². The molecule has 0 aromatic carbocycles. The molecule has 0 bridgehead atoms. The summed E-state index contributed by atoms with van der Waals surface area (Å²) in [6, 6.07) is 0.352. The van der Waals surface area contributed by atoms with Gasteiger partial charge in [-0.25, -0.2) is 4.79 Å². The zero-order chi connectivity index (χ0) is 14.7. The number of ether oxygens (including phenoxy) is 1. The number of hydrogen-bond acceptors (Lipinski definition) is 3. The number of nitrogens with one attached hydrogen (secondary N) is 2. The van der Waals surface area contributed by atoms with Crippen LogP contribution in [-0.4, -0.2) is 30.8 Å². The van der Waals surface area contributed by atoms with Crippen molar-refractivity contribution in [3.63, 3.8) is 0 Å². The number of amides is 1. The average Bonchev–Trinajstić information content (AvgIpc) is 2.23. The van der Waals surface area contributed by atoms with E-state index in [1.165, 1.54) is 6.42 Å². The van der Waals surface area contributed by atoms with Gasteiger partial charge in [0.15, 0.2) is 0 Å². The summed E-state index contributed by atoms with van der Waals surface area (Å²) in [6.07, 6.45) is 2.00. The molecule has 0 saturated carbocycles. The number of piperidine rings is 1. The Labute approximate surface area is 129 Å². The zero-order valence-corrected chi connectivity index (χ0v) is 14.5. The number of carbonyl (C=O) groups excluding carboxylic acids is 1. The highest BCUT2D eigenvalue weighted by molar-refractivity contribution is 5.85. The van der Waals surface area contributed by atoms with Gasteiger partial charge in [0, 0.05) is 12.6 Å². The fourth-order valence-electron chi connectivity index (χ4n) is 2.47. The van der Waals surface area contributed by atoms with Crippen molar-refractivity contribution in [1.82, 2.24) is 10.6 Å². The quantitative estimate of drug-likeness (QED) is 0.822. The van der Waals surface area contributed by atoms with Crippen LogP contribution in [0.15, 0.2) is 0 Å². The van der Waals surface area contributed by atoms with Crippen LogP contribution < -0.4 is 10.6 Å². The molecule has 1 aliphatic rings. The van der Waals surface area contributed by atoms with Crippen molar-refractivity contribution in [2.24, 2.45) is 11.3 Å². The summed E-state index contributed by atoms with van der Waals surface area (Å²) in [7, 11) is 0. The molecule has 20 heavy (non-hydrogen) atoms. The highest BCUT2D eigenvalue weighted by Crippen LogP contribution is 2.33. The van der Waals surface area contributed by atoms with E-state index in [0.717, 1.165) is 13.0 Å². The molecule has 0 unspecified atom stereocenters. The highest BCUT2D eigenvalue weighted by atomic mass is 35.5. The lowest BCUT2D eigenvalue weighted by atomic mass is 9.74. The summed E-state index contributed by atoms with van der Waals surface area (Å²) in [6.45, 7) is 14.2. The molecule has 2 atom stereocenters. The predicted octanol–water partition coefficient (Wildman–Crippen LogP) is 3.35. The Balaban J connectivity index is 0.00000361.